The fourth-order valence-electron chi connectivity index (χ4n) is 8.45. The average molecular weight is 613 g/mol. The van der Waals surface area contributed by atoms with Gasteiger partial charge in [0.25, 0.3) is 0 Å². The minimum absolute atomic E-state index is 0.0202. The number of hydrogen-bond acceptors (Lipinski definition) is 12. The predicted molar refractivity (Wildman–Crippen MR) is 155 cm³/mol. The fraction of sp³-hybridized carbons (Fsp3) is 0.900. The minimum Gasteiger partial charge on any atom is -0.460 e. The summed E-state index contributed by atoms with van der Waals surface area (Å²) in [5, 5.41) is 20.5. The van der Waals surface area contributed by atoms with E-state index in [1.54, 1.807) is 7.11 Å². The van der Waals surface area contributed by atoms with Crippen LogP contribution in [0, 0.1) is 17.3 Å². The van der Waals surface area contributed by atoms with Gasteiger partial charge in [-0.15, -0.1) is 0 Å². The number of carbonyl (C=O) groups is 3. The minimum atomic E-state index is -0.896. The predicted octanol–water partition coefficient (Wildman–Crippen LogP) is -0.122. The van der Waals surface area contributed by atoms with Gasteiger partial charge in [0.15, 0.2) is 0 Å². The van der Waals surface area contributed by atoms with E-state index in [-0.39, 0.29) is 62.0 Å². The van der Waals surface area contributed by atoms with Crippen LogP contribution in [0.2, 0.25) is 0 Å². The van der Waals surface area contributed by atoms with E-state index in [0.29, 0.717) is 32.4 Å². The zero-order valence-corrected chi connectivity index (χ0v) is 26.1. The molecule has 0 aromatic rings. The third kappa shape index (κ3) is 6.73. The Balaban J connectivity index is 1.62. The summed E-state index contributed by atoms with van der Waals surface area (Å²) in [6.45, 7) is 5.64. The van der Waals surface area contributed by atoms with E-state index in [1.165, 1.54) is 0 Å². The molecule has 1 amide bonds. The molecule has 43 heavy (non-hydrogen) atoms. The molecular formula is C30H52N4O9. The number of aliphatic hydroxyl groups is 2. The van der Waals surface area contributed by atoms with Gasteiger partial charge in [-0.2, -0.15) is 0 Å². The van der Waals surface area contributed by atoms with Crippen LogP contribution in [0.4, 0.5) is 0 Å². The second-order valence-corrected chi connectivity index (χ2v) is 12.7. The summed E-state index contributed by atoms with van der Waals surface area (Å²) in [5.41, 5.74) is 4.48. The van der Waals surface area contributed by atoms with Gasteiger partial charge in [-0.1, -0.05) is 6.92 Å². The van der Waals surface area contributed by atoms with E-state index in [1.807, 2.05) is 7.05 Å². The Morgan fingerprint density at radius 3 is 2.44 bits per heavy atom. The number of methoxy groups -OCH3 is 1. The Morgan fingerprint density at radius 1 is 0.977 bits per heavy atom. The molecule has 0 aromatic carbocycles. The van der Waals surface area contributed by atoms with Crippen molar-refractivity contribution in [3.05, 3.63) is 0 Å². The van der Waals surface area contributed by atoms with E-state index >= 15 is 0 Å². The maximum atomic E-state index is 13.5. The first-order valence-corrected chi connectivity index (χ1v) is 15.9. The SMILES string of the molecule is COC1CCC(C)C2C1OC1C(OC(=O)CCNNCCCO)CC[C@@]3(OC(=O)CCNC(=O)CO)[C@@H](C)N(C)CC[C@@]123. The molecule has 2 heterocycles. The molecule has 246 valence electrons. The Hall–Kier alpha value is -1.87. The number of aliphatic hydroxyl groups excluding tert-OH is 2. The van der Waals surface area contributed by atoms with Crippen molar-refractivity contribution in [2.24, 2.45) is 17.3 Å². The van der Waals surface area contributed by atoms with Crippen molar-refractivity contribution in [3.8, 4) is 0 Å². The summed E-state index contributed by atoms with van der Waals surface area (Å²) in [5.74, 6) is -0.962. The van der Waals surface area contributed by atoms with Gasteiger partial charge in [0, 0.05) is 50.7 Å². The smallest absolute Gasteiger partial charge is 0.308 e. The van der Waals surface area contributed by atoms with Crippen LogP contribution >= 0.6 is 0 Å². The lowest BCUT2D eigenvalue weighted by atomic mass is 9.47. The zero-order valence-electron chi connectivity index (χ0n) is 26.1. The van der Waals surface area contributed by atoms with Gasteiger partial charge >= 0.3 is 11.9 Å². The van der Waals surface area contributed by atoms with Gasteiger partial charge in [0.2, 0.25) is 5.91 Å². The zero-order chi connectivity index (χ0) is 31.2. The first-order valence-electron chi connectivity index (χ1n) is 15.9. The average Bonchev–Trinajstić information content (AvgIpc) is 3.35. The van der Waals surface area contributed by atoms with E-state index in [0.717, 1.165) is 25.8 Å². The monoisotopic (exact) mass is 612 g/mol. The number of rotatable bonds is 14. The van der Waals surface area contributed by atoms with Crippen LogP contribution in [0.3, 0.4) is 0 Å². The summed E-state index contributed by atoms with van der Waals surface area (Å²) in [7, 11) is 3.76. The second-order valence-electron chi connectivity index (χ2n) is 12.7. The molecule has 9 atom stereocenters. The van der Waals surface area contributed by atoms with Crippen LogP contribution in [0.1, 0.15) is 65.2 Å². The molecule has 0 radical (unpaired) electrons. The van der Waals surface area contributed by atoms with Crippen molar-refractivity contribution in [2.75, 3.05) is 53.6 Å². The van der Waals surface area contributed by atoms with Gasteiger partial charge in [-0.3, -0.25) is 30.1 Å². The third-order valence-corrected chi connectivity index (χ3v) is 10.5. The number of hydrazine groups is 1. The number of nitrogens with one attached hydrogen (secondary N) is 3. The number of piperidine rings is 1. The van der Waals surface area contributed by atoms with Crippen molar-refractivity contribution in [1.29, 1.82) is 0 Å². The largest absolute Gasteiger partial charge is 0.460 e. The van der Waals surface area contributed by atoms with E-state index in [2.05, 4.69) is 34.9 Å². The summed E-state index contributed by atoms with van der Waals surface area (Å²) < 4.78 is 25.7. The molecule has 1 spiro atoms. The molecule has 4 rings (SSSR count). The number of fused-ring (bicyclic) bond motifs is 1. The molecule has 2 aliphatic carbocycles. The topological polar surface area (TPSA) is 168 Å². The molecule has 4 fully saturated rings. The molecule has 2 saturated heterocycles. The molecule has 2 saturated carbocycles. The number of hydrogen-bond donors (Lipinski definition) is 5. The molecule has 2 aliphatic heterocycles. The maximum Gasteiger partial charge on any atom is 0.308 e. The maximum absolute atomic E-state index is 13.5. The molecule has 5 N–H and O–H groups in total. The van der Waals surface area contributed by atoms with Gasteiger partial charge in [0.1, 0.15) is 24.4 Å². The molecular weight excluding hydrogens is 560 g/mol. The van der Waals surface area contributed by atoms with Crippen LogP contribution in [0.15, 0.2) is 0 Å². The van der Waals surface area contributed by atoms with Crippen molar-refractivity contribution in [1.82, 2.24) is 21.1 Å². The van der Waals surface area contributed by atoms with Crippen LogP contribution in [-0.4, -0.2) is 123 Å². The van der Waals surface area contributed by atoms with Crippen LogP contribution in [0.25, 0.3) is 0 Å². The highest BCUT2D eigenvalue weighted by Gasteiger charge is 2.76. The molecule has 13 nitrogen and oxygen atoms in total. The Labute approximate surface area is 254 Å². The lowest BCUT2D eigenvalue weighted by molar-refractivity contribution is -0.260. The number of ether oxygens (including phenoxy) is 4. The molecule has 0 aromatic heterocycles. The van der Waals surface area contributed by atoms with Crippen molar-refractivity contribution in [2.45, 2.75) is 101 Å². The van der Waals surface area contributed by atoms with Gasteiger partial charge in [-0.05, 0) is 65.0 Å². The van der Waals surface area contributed by atoms with Crippen LogP contribution < -0.4 is 16.2 Å². The van der Waals surface area contributed by atoms with E-state index < -0.39 is 41.7 Å². The number of nitrogens with zero attached hydrogens (tertiary/aromatic N) is 1. The Bertz CT molecular complexity index is 972. The van der Waals surface area contributed by atoms with Gasteiger partial charge in [-0.25, -0.2) is 0 Å². The van der Waals surface area contributed by atoms with Gasteiger partial charge < -0.3 is 34.5 Å². The second kappa shape index (κ2) is 14.9. The highest BCUT2D eigenvalue weighted by molar-refractivity contribution is 5.78. The van der Waals surface area contributed by atoms with Crippen LogP contribution in [-0.2, 0) is 33.3 Å². The first kappa shape index (κ1) is 34.0. The number of amides is 1. The molecule has 0 bridgehead atoms. The van der Waals surface area contributed by atoms with E-state index in [9.17, 15) is 14.4 Å². The molecule has 4 aliphatic rings. The molecule has 13 heteroatoms. The lowest BCUT2D eigenvalue weighted by Gasteiger charge is -2.64. The van der Waals surface area contributed by atoms with Crippen molar-refractivity contribution < 1.29 is 43.5 Å². The normalized spacial score (nSPS) is 37.1. The van der Waals surface area contributed by atoms with E-state index in [4.69, 9.17) is 29.2 Å². The number of esters is 2. The highest BCUT2D eigenvalue weighted by atomic mass is 16.6. The standard InChI is InChI=1S/C30H52N4O9/c1-19-6-7-21(40-4)27-26(19)29-12-16-34(3)20(2)30(29,43-25(39)9-14-31-23(37)18-36)11-8-22(28(29)42-27)41-24(38)10-15-33-32-13-5-17-35/h19-22,26-28,32-33,35-36H,5-18H2,1-4H3,(H,31,37)/t19?,20-,21?,22?,26?,27?,28?,29+,30-/m1/s1. The Morgan fingerprint density at radius 2 is 1.72 bits per heavy atom. The summed E-state index contributed by atoms with van der Waals surface area (Å²) in [6.07, 6.45) is 3.03. The lowest BCUT2D eigenvalue weighted by Crippen LogP contribution is -2.75. The fourth-order valence-corrected chi connectivity index (χ4v) is 8.45. The number of likely N-dealkylation sites (tertiary alicyclic amines) is 1. The van der Waals surface area contributed by atoms with Crippen molar-refractivity contribution >= 4 is 17.8 Å². The summed E-state index contributed by atoms with van der Waals surface area (Å²) >= 11 is 0. The number of carbonyl (C=O) groups excluding carboxylic acids is 3. The van der Waals surface area contributed by atoms with Gasteiger partial charge in [0.05, 0.1) is 25.0 Å². The summed E-state index contributed by atoms with van der Waals surface area (Å²) in [4.78, 5) is 40.3. The highest BCUT2D eigenvalue weighted by Crippen LogP contribution is 2.67. The summed E-state index contributed by atoms with van der Waals surface area (Å²) in [6, 6.07) is -0.122. The third-order valence-electron chi connectivity index (χ3n) is 10.5. The Kier molecular flexibility index (Phi) is 11.8. The number of likely N-dealkylation sites (N-methyl/N-ethyl adjacent to an activating group) is 1. The quantitative estimate of drug-likeness (QED) is 0.100. The van der Waals surface area contributed by atoms with Crippen molar-refractivity contribution in [3.63, 3.8) is 0 Å². The molecule has 6 unspecified atom stereocenters. The first-order chi connectivity index (χ1) is 20.6. The van der Waals surface area contributed by atoms with Crippen LogP contribution in [0.5, 0.6) is 0 Å².